The Morgan fingerprint density at radius 3 is 2.24 bits per heavy atom. The molecular formula is C15H11ClNO4-. The van der Waals surface area contributed by atoms with Gasteiger partial charge in [-0.25, -0.2) is 0 Å². The first-order chi connectivity index (χ1) is 10.0. The van der Waals surface area contributed by atoms with E-state index < -0.39 is 5.97 Å². The van der Waals surface area contributed by atoms with Crippen LogP contribution in [0.2, 0.25) is 5.02 Å². The van der Waals surface area contributed by atoms with Gasteiger partial charge < -0.3 is 20.0 Å². The van der Waals surface area contributed by atoms with Crippen molar-refractivity contribution in [1.29, 1.82) is 0 Å². The molecule has 21 heavy (non-hydrogen) atoms. The van der Waals surface area contributed by atoms with Gasteiger partial charge in [0.2, 0.25) is 0 Å². The summed E-state index contributed by atoms with van der Waals surface area (Å²) in [5.41, 5.74) is 0.877. The van der Waals surface area contributed by atoms with Crippen molar-refractivity contribution in [3.63, 3.8) is 0 Å². The number of carboxylic acid groups (broad SMARTS) is 1. The van der Waals surface area contributed by atoms with Crippen LogP contribution < -0.4 is 15.2 Å². The molecule has 1 N–H and O–H groups in total. The minimum atomic E-state index is -1.27. The number of hydrogen-bond donors (Lipinski definition) is 1. The van der Waals surface area contributed by atoms with Crippen molar-refractivity contribution in [2.45, 2.75) is 0 Å². The predicted octanol–water partition coefficient (Wildman–Crippen LogP) is 1.96. The summed E-state index contributed by atoms with van der Waals surface area (Å²) in [6.07, 6.45) is 0. The van der Waals surface area contributed by atoms with Gasteiger partial charge in [-0.3, -0.25) is 4.79 Å². The van der Waals surface area contributed by atoms with Gasteiger partial charge in [0.1, 0.15) is 5.75 Å². The van der Waals surface area contributed by atoms with Crippen LogP contribution >= 0.6 is 11.6 Å². The first kappa shape index (κ1) is 14.9. The first-order valence-electron chi connectivity index (χ1n) is 5.97. The van der Waals surface area contributed by atoms with Gasteiger partial charge in [-0.1, -0.05) is 23.7 Å². The first-order valence-corrected chi connectivity index (χ1v) is 6.35. The molecule has 1 amide bonds. The van der Waals surface area contributed by atoms with Crippen molar-refractivity contribution in [3.05, 3.63) is 58.6 Å². The second-order valence-corrected chi connectivity index (χ2v) is 4.58. The van der Waals surface area contributed by atoms with Crippen LogP contribution in [-0.2, 0) is 0 Å². The van der Waals surface area contributed by atoms with Crippen molar-refractivity contribution in [3.8, 4) is 5.75 Å². The molecule has 0 radical (unpaired) electrons. The summed E-state index contributed by atoms with van der Waals surface area (Å²) in [7, 11) is 1.49. The van der Waals surface area contributed by atoms with Crippen molar-refractivity contribution in [1.82, 2.24) is 0 Å². The number of benzene rings is 2. The maximum atomic E-state index is 12.0. The molecule has 0 saturated heterocycles. The van der Waals surface area contributed by atoms with Crippen LogP contribution in [0.4, 0.5) is 5.69 Å². The molecule has 0 aliphatic carbocycles. The highest BCUT2D eigenvalue weighted by atomic mass is 35.5. The molecule has 2 rings (SSSR count). The molecule has 2 aromatic carbocycles. The van der Waals surface area contributed by atoms with E-state index in [9.17, 15) is 14.7 Å². The average molecular weight is 305 g/mol. The lowest BCUT2D eigenvalue weighted by molar-refractivity contribution is -0.255. The lowest BCUT2D eigenvalue weighted by Crippen LogP contribution is -2.22. The zero-order valence-corrected chi connectivity index (χ0v) is 11.8. The maximum absolute atomic E-state index is 12.0. The van der Waals surface area contributed by atoms with Crippen molar-refractivity contribution < 1.29 is 19.4 Å². The number of nitrogens with one attached hydrogen (secondary N) is 1. The van der Waals surface area contributed by atoms with Gasteiger partial charge in [0, 0.05) is 11.3 Å². The topological polar surface area (TPSA) is 78.5 Å². The third-order valence-electron chi connectivity index (χ3n) is 2.79. The van der Waals surface area contributed by atoms with E-state index in [1.54, 1.807) is 12.1 Å². The average Bonchev–Trinajstić information content (AvgIpc) is 2.47. The standard InChI is InChI=1S/C15H12ClNO4/c1-21-13-7-4-10(8-12(13)16)14(18)17-11-5-2-9(3-6-11)15(19)20/h2-8H,1H3,(H,17,18)(H,19,20)/p-1. The highest BCUT2D eigenvalue weighted by molar-refractivity contribution is 6.32. The molecule has 0 aliphatic rings. The van der Waals surface area contributed by atoms with Crippen LogP contribution in [0.5, 0.6) is 5.75 Å². The summed E-state index contributed by atoms with van der Waals surface area (Å²) in [4.78, 5) is 22.7. The number of hydrogen-bond acceptors (Lipinski definition) is 4. The maximum Gasteiger partial charge on any atom is 0.255 e. The normalized spacial score (nSPS) is 10.0. The van der Waals surface area contributed by atoms with Crippen molar-refractivity contribution in [2.75, 3.05) is 12.4 Å². The number of halogens is 1. The minimum Gasteiger partial charge on any atom is -0.545 e. The number of rotatable bonds is 4. The van der Waals surface area contributed by atoms with Crippen LogP contribution in [0.25, 0.3) is 0 Å². The Hall–Kier alpha value is -2.53. The van der Waals surface area contributed by atoms with E-state index in [-0.39, 0.29) is 11.5 Å². The highest BCUT2D eigenvalue weighted by Gasteiger charge is 2.09. The molecule has 0 unspecified atom stereocenters. The number of aromatic carboxylic acids is 1. The smallest absolute Gasteiger partial charge is 0.255 e. The Labute approximate surface area is 126 Å². The fraction of sp³-hybridized carbons (Fsp3) is 0.0667. The molecule has 0 aliphatic heterocycles. The fourth-order valence-corrected chi connectivity index (χ4v) is 1.96. The molecule has 0 saturated carbocycles. The fourth-order valence-electron chi connectivity index (χ4n) is 1.70. The number of ether oxygens (including phenoxy) is 1. The largest absolute Gasteiger partial charge is 0.545 e. The summed E-state index contributed by atoms with van der Waals surface area (Å²) in [5.74, 6) is -1.15. The Kier molecular flexibility index (Phi) is 4.45. The van der Waals surface area contributed by atoms with Crippen LogP contribution in [0, 0.1) is 0 Å². The van der Waals surface area contributed by atoms with Gasteiger partial charge in [0.15, 0.2) is 0 Å². The van der Waals surface area contributed by atoms with Crippen LogP contribution in [-0.4, -0.2) is 19.0 Å². The monoisotopic (exact) mass is 304 g/mol. The van der Waals surface area contributed by atoms with Gasteiger partial charge in [-0.05, 0) is 35.9 Å². The Balaban J connectivity index is 2.14. The van der Waals surface area contributed by atoms with Crippen LogP contribution in [0.3, 0.4) is 0 Å². The van der Waals surface area contributed by atoms with E-state index in [2.05, 4.69) is 5.32 Å². The van der Waals surface area contributed by atoms with E-state index in [1.807, 2.05) is 0 Å². The molecule has 0 aromatic heterocycles. The third kappa shape index (κ3) is 3.52. The van der Waals surface area contributed by atoms with E-state index in [0.717, 1.165) is 0 Å². The van der Waals surface area contributed by atoms with Crippen molar-refractivity contribution in [2.24, 2.45) is 0 Å². The minimum absolute atomic E-state index is 0.0421. The highest BCUT2D eigenvalue weighted by Crippen LogP contribution is 2.25. The summed E-state index contributed by atoms with van der Waals surface area (Å²) in [5, 5.41) is 13.6. The van der Waals surface area contributed by atoms with E-state index in [4.69, 9.17) is 16.3 Å². The van der Waals surface area contributed by atoms with Gasteiger partial charge in [0.25, 0.3) is 5.91 Å². The van der Waals surface area contributed by atoms with Crippen molar-refractivity contribution >= 4 is 29.2 Å². The second kappa shape index (κ2) is 6.28. The van der Waals surface area contributed by atoms with Gasteiger partial charge in [-0.15, -0.1) is 0 Å². The van der Waals surface area contributed by atoms with Crippen LogP contribution in [0.15, 0.2) is 42.5 Å². The zero-order valence-electron chi connectivity index (χ0n) is 11.1. The molecule has 0 heterocycles. The molecule has 5 nitrogen and oxygen atoms in total. The summed E-state index contributed by atoms with van der Waals surface area (Å²) in [6.45, 7) is 0. The second-order valence-electron chi connectivity index (χ2n) is 4.17. The number of carboxylic acids is 1. The molecule has 0 atom stereocenters. The zero-order chi connectivity index (χ0) is 15.4. The number of amides is 1. The van der Waals surface area contributed by atoms with Crippen LogP contribution in [0.1, 0.15) is 20.7 Å². The Morgan fingerprint density at radius 2 is 1.71 bits per heavy atom. The number of carbonyl (C=O) groups excluding carboxylic acids is 2. The molecule has 108 valence electrons. The SMILES string of the molecule is COc1ccc(C(=O)Nc2ccc(C(=O)[O-])cc2)cc1Cl. The molecule has 0 spiro atoms. The number of anilines is 1. The van der Waals surface area contributed by atoms with E-state index in [1.165, 1.54) is 37.4 Å². The molecule has 0 bridgehead atoms. The predicted molar refractivity (Wildman–Crippen MR) is 76.7 cm³/mol. The quantitative estimate of drug-likeness (QED) is 0.936. The third-order valence-corrected chi connectivity index (χ3v) is 3.09. The number of carbonyl (C=O) groups is 2. The van der Waals surface area contributed by atoms with Gasteiger partial charge >= 0.3 is 0 Å². The molecule has 2 aromatic rings. The van der Waals surface area contributed by atoms with Gasteiger partial charge in [-0.2, -0.15) is 0 Å². The summed E-state index contributed by atoms with van der Waals surface area (Å²) < 4.78 is 5.01. The Morgan fingerprint density at radius 1 is 1.10 bits per heavy atom. The molecular weight excluding hydrogens is 294 g/mol. The number of methoxy groups -OCH3 is 1. The molecule has 6 heteroatoms. The lowest BCUT2D eigenvalue weighted by atomic mass is 10.1. The summed E-state index contributed by atoms with van der Waals surface area (Å²) >= 11 is 5.95. The van der Waals surface area contributed by atoms with Gasteiger partial charge in [0.05, 0.1) is 18.1 Å². The summed E-state index contributed by atoms with van der Waals surface area (Å²) in [6, 6.07) is 10.3. The van der Waals surface area contributed by atoms with E-state index >= 15 is 0 Å². The Bertz CT molecular complexity index is 683. The van der Waals surface area contributed by atoms with E-state index in [0.29, 0.717) is 22.0 Å². The molecule has 0 fully saturated rings. The lowest BCUT2D eigenvalue weighted by Gasteiger charge is -2.08.